The topological polar surface area (TPSA) is 60.4 Å². The molecule has 2 aromatic rings. The molecule has 0 saturated carbocycles. The van der Waals surface area contributed by atoms with Crippen LogP contribution in [-0.4, -0.2) is 30.5 Å². The van der Waals surface area contributed by atoms with E-state index in [0.717, 1.165) is 28.3 Å². The molecule has 0 spiro atoms. The molecule has 2 heterocycles. The van der Waals surface area contributed by atoms with Crippen molar-refractivity contribution in [1.29, 1.82) is 0 Å². The zero-order valence-electron chi connectivity index (χ0n) is 14.1. The van der Waals surface area contributed by atoms with Gasteiger partial charge in [-0.3, -0.25) is 4.79 Å². The van der Waals surface area contributed by atoms with Gasteiger partial charge in [-0.05, 0) is 35.9 Å². The summed E-state index contributed by atoms with van der Waals surface area (Å²) in [6, 6.07) is 13.3. The van der Waals surface area contributed by atoms with Crippen LogP contribution in [0.15, 0.2) is 47.6 Å². The van der Waals surface area contributed by atoms with E-state index in [-0.39, 0.29) is 18.7 Å². The molecule has 1 amide bonds. The molecule has 0 radical (unpaired) electrons. The zero-order valence-corrected chi connectivity index (χ0v) is 14.1. The molecule has 2 aliphatic heterocycles. The summed E-state index contributed by atoms with van der Waals surface area (Å²) in [4.78, 5) is 12.1. The summed E-state index contributed by atoms with van der Waals surface area (Å²) in [5.74, 6) is 2.14. The van der Waals surface area contributed by atoms with Gasteiger partial charge in [0.15, 0.2) is 11.5 Å². The second kappa shape index (κ2) is 6.12. The van der Waals surface area contributed by atoms with Gasteiger partial charge in [-0.1, -0.05) is 12.1 Å². The number of amides is 1. The number of carbonyl (C=O) groups is 1. The normalized spacial score (nSPS) is 18.2. The Bertz CT molecular complexity index is 845. The number of methoxy groups -OCH3 is 1. The van der Waals surface area contributed by atoms with Crippen LogP contribution in [0.5, 0.6) is 17.2 Å². The van der Waals surface area contributed by atoms with Gasteiger partial charge in [0, 0.05) is 18.9 Å². The molecule has 25 heavy (non-hydrogen) atoms. The summed E-state index contributed by atoms with van der Waals surface area (Å²) in [5, 5.41) is 6.10. The predicted octanol–water partition coefficient (Wildman–Crippen LogP) is 3.12. The number of hydrogen-bond donors (Lipinski definition) is 0. The van der Waals surface area contributed by atoms with Crippen molar-refractivity contribution in [3.05, 3.63) is 53.6 Å². The largest absolute Gasteiger partial charge is 0.497 e. The fourth-order valence-corrected chi connectivity index (χ4v) is 3.14. The Hall–Kier alpha value is -3.02. The molecule has 0 aliphatic carbocycles. The highest BCUT2D eigenvalue weighted by Crippen LogP contribution is 2.37. The summed E-state index contributed by atoms with van der Waals surface area (Å²) in [7, 11) is 1.63. The van der Waals surface area contributed by atoms with Crippen molar-refractivity contribution in [3.8, 4) is 17.2 Å². The van der Waals surface area contributed by atoms with Crippen LogP contribution in [0.1, 0.15) is 30.5 Å². The van der Waals surface area contributed by atoms with Gasteiger partial charge in [-0.15, -0.1) is 0 Å². The molecule has 6 nitrogen and oxygen atoms in total. The quantitative estimate of drug-likeness (QED) is 0.863. The first-order chi connectivity index (χ1) is 12.2. The lowest BCUT2D eigenvalue weighted by molar-refractivity contribution is -0.130. The molecule has 0 unspecified atom stereocenters. The number of hydrogen-bond acceptors (Lipinski definition) is 5. The summed E-state index contributed by atoms with van der Waals surface area (Å²) < 4.78 is 16.0. The third kappa shape index (κ3) is 2.80. The second-order valence-electron chi connectivity index (χ2n) is 5.97. The van der Waals surface area contributed by atoms with E-state index in [1.54, 1.807) is 12.1 Å². The Kier molecular flexibility index (Phi) is 3.80. The minimum absolute atomic E-state index is 0.0865. The van der Waals surface area contributed by atoms with Gasteiger partial charge in [0.25, 0.3) is 0 Å². The van der Waals surface area contributed by atoms with Crippen LogP contribution < -0.4 is 14.2 Å². The molecule has 4 rings (SSSR count). The van der Waals surface area contributed by atoms with Gasteiger partial charge in [0.2, 0.25) is 12.7 Å². The van der Waals surface area contributed by atoms with Gasteiger partial charge in [-0.2, -0.15) is 5.10 Å². The van der Waals surface area contributed by atoms with E-state index in [1.807, 2.05) is 42.5 Å². The molecule has 0 saturated heterocycles. The van der Waals surface area contributed by atoms with Crippen molar-refractivity contribution in [1.82, 2.24) is 5.01 Å². The monoisotopic (exact) mass is 338 g/mol. The first-order valence-corrected chi connectivity index (χ1v) is 8.07. The molecule has 0 bridgehead atoms. The van der Waals surface area contributed by atoms with Crippen molar-refractivity contribution in [3.63, 3.8) is 0 Å². The van der Waals surface area contributed by atoms with E-state index in [0.29, 0.717) is 12.2 Å². The van der Waals surface area contributed by atoms with Crippen LogP contribution in [0.4, 0.5) is 0 Å². The van der Waals surface area contributed by atoms with Crippen molar-refractivity contribution in [2.75, 3.05) is 13.9 Å². The summed E-state index contributed by atoms with van der Waals surface area (Å²) in [5.41, 5.74) is 2.82. The first-order valence-electron chi connectivity index (χ1n) is 8.07. The Morgan fingerprint density at radius 2 is 1.92 bits per heavy atom. The first kappa shape index (κ1) is 15.5. The van der Waals surface area contributed by atoms with Crippen LogP contribution in [0.3, 0.4) is 0 Å². The minimum atomic E-state index is -0.121. The third-order valence-electron chi connectivity index (χ3n) is 4.44. The maximum Gasteiger partial charge on any atom is 0.240 e. The highest BCUT2D eigenvalue weighted by atomic mass is 16.7. The van der Waals surface area contributed by atoms with Gasteiger partial charge in [-0.25, -0.2) is 5.01 Å². The van der Waals surface area contributed by atoms with E-state index in [9.17, 15) is 4.79 Å². The number of benzene rings is 2. The standard InChI is InChI=1S/C19H18N2O4/c1-12(22)21-17(13-3-6-15(23-2)7-4-13)10-16(20-21)14-5-8-18-19(9-14)25-11-24-18/h3-9,17H,10-11H2,1-2H3/t17-/m1/s1. The second-order valence-corrected chi connectivity index (χ2v) is 5.97. The Morgan fingerprint density at radius 3 is 2.64 bits per heavy atom. The van der Waals surface area contributed by atoms with Crippen molar-refractivity contribution >= 4 is 11.6 Å². The molecule has 2 aliphatic rings. The SMILES string of the molecule is COc1ccc([C@H]2CC(c3ccc4c(c3)OCO4)=NN2C(C)=O)cc1. The average molecular weight is 338 g/mol. The molecule has 2 aromatic carbocycles. The molecule has 6 heteroatoms. The maximum absolute atomic E-state index is 12.1. The van der Waals surface area contributed by atoms with Crippen LogP contribution in [0, 0.1) is 0 Å². The smallest absolute Gasteiger partial charge is 0.240 e. The fraction of sp³-hybridized carbons (Fsp3) is 0.263. The number of fused-ring (bicyclic) bond motifs is 1. The number of ether oxygens (including phenoxy) is 3. The number of nitrogens with zero attached hydrogens (tertiary/aromatic N) is 2. The molecular formula is C19H18N2O4. The van der Waals surface area contributed by atoms with Crippen LogP contribution >= 0.6 is 0 Å². The lowest BCUT2D eigenvalue weighted by Gasteiger charge is -2.20. The van der Waals surface area contributed by atoms with E-state index in [2.05, 4.69) is 5.10 Å². The summed E-state index contributed by atoms with van der Waals surface area (Å²) >= 11 is 0. The molecule has 128 valence electrons. The van der Waals surface area contributed by atoms with Crippen molar-refractivity contribution in [2.24, 2.45) is 5.10 Å². The Balaban J connectivity index is 1.64. The van der Waals surface area contributed by atoms with Gasteiger partial charge < -0.3 is 14.2 Å². The number of hydrazone groups is 1. The lowest BCUT2D eigenvalue weighted by Crippen LogP contribution is -2.24. The highest BCUT2D eigenvalue weighted by molar-refractivity contribution is 6.03. The van der Waals surface area contributed by atoms with Crippen LogP contribution in [0.25, 0.3) is 0 Å². The Labute approximate surface area is 145 Å². The van der Waals surface area contributed by atoms with Gasteiger partial charge in [0.1, 0.15) is 5.75 Å². The van der Waals surface area contributed by atoms with E-state index >= 15 is 0 Å². The number of carbonyl (C=O) groups excluding carboxylic acids is 1. The molecule has 0 N–H and O–H groups in total. The van der Waals surface area contributed by atoms with Crippen molar-refractivity contribution in [2.45, 2.75) is 19.4 Å². The molecule has 1 atom stereocenters. The van der Waals surface area contributed by atoms with E-state index in [4.69, 9.17) is 14.2 Å². The average Bonchev–Trinajstić information content (AvgIpc) is 3.28. The van der Waals surface area contributed by atoms with E-state index < -0.39 is 0 Å². The molecule has 0 fully saturated rings. The number of rotatable bonds is 3. The third-order valence-corrected chi connectivity index (χ3v) is 4.44. The molecular weight excluding hydrogens is 320 g/mol. The minimum Gasteiger partial charge on any atom is -0.497 e. The van der Waals surface area contributed by atoms with E-state index in [1.165, 1.54) is 6.92 Å². The summed E-state index contributed by atoms with van der Waals surface area (Å²) in [6.45, 7) is 1.77. The van der Waals surface area contributed by atoms with Crippen LogP contribution in [-0.2, 0) is 4.79 Å². The summed E-state index contributed by atoms with van der Waals surface area (Å²) in [6.07, 6.45) is 0.644. The Morgan fingerprint density at radius 1 is 1.16 bits per heavy atom. The predicted molar refractivity (Wildman–Crippen MR) is 92.0 cm³/mol. The van der Waals surface area contributed by atoms with Crippen LogP contribution in [0.2, 0.25) is 0 Å². The molecule has 0 aromatic heterocycles. The zero-order chi connectivity index (χ0) is 17.4. The fourth-order valence-electron chi connectivity index (χ4n) is 3.14. The van der Waals surface area contributed by atoms with Gasteiger partial charge >= 0.3 is 0 Å². The highest BCUT2D eigenvalue weighted by Gasteiger charge is 2.32. The van der Waals surface area contributed by atoms with Crippen molar-refractivity contribution < 1.29 is 19.0 Å². The maximum atomic E-state index is 12.1. The van der Waals surface area contributed by atoms with Gasteiger partial charge in [0.05, 0.1) is 18.9 Å². The lowest BCUT2D eigenvalue weighted by atomic mass is 9.98.